The summed E-state index contributed by atoms with van der Waals surface area (Å²) >= 11 is 0. The van der Waals surface area contributed by atoms with Crippen LogP contribution in [0.2, 0.25) is 0 Å². The first-order valence-electron chi connectivity index (χ1n) is 19.6. The molecular weight excluding hydrogens is 709 g/mol. The summed E-state index contributed by atoms with van der Waals surface area (Å²) in [6, 6.07) is 63.1. The van der Waals surface area contributed by atoms with Gasteiger partial charge in [-0.3, -0.25) is 0 Å². The summed E-state index contributed by atoms with van der Waals surface area (Å²) < 4.78 is 6.55. The quantitative estimate of drug-likeness (QED) is 0.170. The molecular formula is C53H36N4O. The number of nitrogens with zero attached hydrogens (tertiary/aromatic N) is 4. The highest BCUT2D eigenvalue weighted by Gasteiger charge is 2.38. The summed E-state index contributed by atoms with van der Waals surface area (Å²) in [6.07, 6.45) is 0. The highest BCUT2D eigenvalue weighted by molar-refractivity contribution is 6.11. The zero-order chi connectivity index (χ0) is 38.8. The van der Waals surface area contributed by atoms with Gasteiger partial charge in [-0.15, -0.1) is 0 Å². The first kappa shape index (κ1) is 33.8. The second kappa shape index (κ2) is 13.3. The largest absolute Gasteiger partial charge is 0.435 e. The van der Waals surface area contributed by atoms with Crippen LogP contribution in [0.4, 0.5) is 0 Å². The summed E-state index contributed by atoms with van der Waals surface area (Å²) in [4.78, 5) is 20.9. The fourth-order valence-corrected chi connectivity index (χ4v) is 8.85. The minimum atomic E-state index is -0.252. The lowest BCUT2D eigenvalue weighted by Crippen LogP contribution is -2.17. The molecule has 0 radical (unpaired) electrons. The molecule has 11 rings (SSSR count). The van der Waals surface area contributed by atoms with E-state index in [2.05, 4.69) is 153 Å². The lowest BCUT2D eigenvalue weighted by molar-refractivity contribution is 0.623. The molecule has 5 nitrogen and oxygen atoms in total. The molecule has 1 aliphatic carbocycles. The smallest absolute Gasteiger partial charge is 0.227 e. The third kappa shape index (κ3) is 5.47. The van der Waals surface area contributed by atoms with Gasteiger partial charge in [-0.1, -0.05) is 172 Å². The molecule has 1 aliphatic rings. The van der Waals surface area contributed by atoms with Crippen LogP contribution in [0.25, 0.3) is 101 Å². The molecule has 5 heteroatoms. The van der Waals surface area contributed by atoms with E-state index in [1.165, 1.54) is 22.3 Å². The molecule has 0 saturated carbocycles. The zero-order valence-electron chi connectivity index (χ0n) is 32.0. The molecule has 0 atom stereocenters. The summed E-state index contributed by atoms with van der Waals surface area (Å²) in [5.74, 6) is 2.48. The Morgan fingerprint density at radius 2 is 0.966 bits per heavy atom. The minimum Gasteiger partial charge on any atom is -0.435 e. The topological polar surface area (TPSA) is 64.7 Å². The summed E-state index contributed by atoms with van der Waals surface area (Å²) in [5.41, 5.74) is 14.4. The molecule has 8 aromatic carbocycles. The average molecular weight is 745 g/mol. The molecule has 0 saturated heterocycles. The van der Waals surface area contributed by atoms with Gasteiger partial charge in [0.1, 0.15) is 5.52 Å². The second-order valence-corrected chi connectivity index (χ2v) is 15.4. The van der Waals surface area contributed by atoms with Crippen molar-refractivity contribution in [2.24, 2.45) is 0 Å². The molecule has 0 bridgehead atoms. The normalized spacial score (nSPS) is 12.8. The Morgan fingerprint density at radius 3 is 1.78 bits per heavy atom. The molecule has 58 heavy (non-hydrogen) atoms. The monoisotopic (exact) mass is 744 g/mol. The van der Waals surface area contributed by atoms with Crippen LogP contribution >= 0.6 is 0 Å². The van der Waals surface area contributed by atoms with E-state index in [1.54, 1.807) is 0 Å². The van der Waals surface area contributed by atoms with Gasteiger partial charge in [0, 0.05) is 33.1 Å². The Hall–Kier alpha value is -7.50. The van der Waals surface area contributed by atoms with Gasteiger partial charge in [0.25, 0.3) is 0 Å². The molecule has 2 heterocycles. The molecule has 274 valence electrons. The summed E-state index contributed by atoms with van der Waals surface area (Å²) in [5, 5.41) is 2.09. The van der Waals surface area contributed by atoms with Crippen molar-refractivity contribution >= 4 is 21.9 Å². The Balaban J connectivity index is 1.12. The first-order valence-corrected chi connectivity index (χ1v) is 19.6. The number of aromatic nitrogens is 4. The highest BCUT2D eigenvalue weighted by Crippen LogP contribution is 2.52. The van der Waals surface area contributed by atoms with Gasteiger partial charge >= 0.3 is 0 Å². The predicted octanol–water partition coefficient (Wildman–Crippen LogP) is 13.5. The van der Waals surface area contributed by atoms with E-state index in [1.807, 2.05) is 42.5 Å². The summed E-state index contributed by atoms with van der Waals surface area (Å²) in [6.45, 7) is 4.60. The van der Waals surface area contributed by atoms with Crippen molar-refractivity contribution in [2.45, 2.75) is 19.3 Å². The van der Waals surface area contributed by atoms with Crippen molar-refractivity contribution in [1.82, 2.24) is 19.9 Å². The fourth-order valence-electron chi connectivity index (χ4n) is 8.85. The van der Waals surface area contributed by atoms with E-state index >= 15 is 0 Å². The predicted molar refractivity (Wildman–Crippen MR) is 235 cm³/mol. The van der Waals surface area contributed by atoms with E-state index < -0.39 is 0 Å². The van der Waals surface area contributed by atoms with Crippen molar-refractivity contribution < 1.29 is 4.42 Å². The molecule has 0 spiro atoms. The third-order valence-electron chi connectivity index (χ3n) is 11.6. The van der Waals surface area contributed by atoms with Gasteiger partial charge in [0.15, 0.2) is 23.1 Å². The van der Waals surface area contributed by atoms with Crippen molar-refractivity contribution in [1.29, 1.82) is 0 Å². The SMILES string of the molecule is CC1(C)c2ccccc2-c2cccc(-c3nc(-c4cccc(-c5cccc6ccc7nc(-c8ccccc8)oc7c56)c4)nc(-c4ccccc4-c4ccccc4)n3)c21. The van der Waals surface area contributed by atoms with E-state index in [0.29, 0.717) is 23.4 Å². The van der Waals surface area contributed by atoms with E-state index in [0.717, 1.165) is 66.4 Å². The number of rotatable bonds is 6. The average Bonchev–Trinajstić information content (AvgIpc) is 3.83. The zero-order valence-corrected chi connectivity index (χ0v) is 32.0. The molecule has 0 amide bonds. The Kier molecular flexibility index (Phi) is 7.76. The lowest BCUT2D eigenvalue weighted by Gasteiger charge is -2.24. The molecule has 0 unspecified atom stereocenters. The van der Waals surface area contributed by atoms with Crippen LogP contribution in [-0.4, -0.2) is 19.9 Å². The third-order valence-corrected chi connectivity index (χ3v) is 11.6. The van der Waals surface area contributed by atoms with E-state index in [-0.39, 0.29) is 5.41 Å². The Bertz CT molecular complexity index is 3200. The number of hydrogen-bond acceptors (Lipinski definition) is 5. The minimum absolute atomic E-state index is 0.252. The van der Waals surface area contributed by atoms with E-state index in [4.69, 9.17) is 24.4 Å². The number of fused-ring (bicyclic) bond motifs is 6. The first-order chi connectivity index (χ1) is 28.5. The van der Waals surface area contributed by atoms with Crippen LogP contribution in [0.5, 0.6) is 0 Å². The van der Waals surface area contributed by atoms with Gasteiger partial charge in [-0.05, 0) is 74.2 Å². The standard InChI is InChI=1S/C53H36N4O/c1-53(2)44-29-12-11-24-40(44)41-27-15-28-43(47(41)53)51-56-49(55-50(57-51)42-25-10-9-23-38(42)33-16-5-3-6-17-33)37-22-13-21-36(32-37)39-26-14-20-34-30-31-45-48(46(34)39)58-52(54-45)35-18-7-4-8-19-35/h3-32H,1-2H3. The van der Waals surface area contributed by atoms with Crippen molar-refractivity contribution in [3.8, 4) is 79.0 Å². The van der Waals surface area contributed by atoms with Crippen molar-refractivity contribution in [2.75, 3.05) is 0 Å². The molecule has 0 N–H and O–H groups in total. The highest BCUT2D eigenvalue weighted by atomic mass is 16.3. The van der Waals surface area contributed by atoms with Gasteiger partial charge in [0.2, 0.25) is 5.89 Å². The van der Waals surface area contributed by atoms with Crippen LogP contribution in [-0.2, 0) is 5.41 Å². The van der Waals surface area contributed by atoms with Crippen LogP contribution < -0.4 is 0 Å². The second-order valence-electron chi connectivity index (χ2n) is 15.4. The maximum atomic E-state index is 6.55. The number of benzene rings is 8. The number of oxazole rings is 1. The van der Waals surface area contributed by atoms with Gasteiger partial charge < -0.3 is 4.42 Å². The van der Waals surface area contributed by atoms with Gasteiger partial charge in [-0.25, -0.2) is 19.9 Å². The van der Waals surface area contributed by atoms with Crippen molar-refractivity contribution in [3.05, 3.63) is 193 Å². The van der Waals surface area contributed by atoms with Crippen molar-refractivity contribution in [3.63, 3.8) is 0 Å². The maximum absolute atomic E-state index is 6.55. The molecule has 0 aliphatic heterocycles. The van der Waals surface area contributed by atoms with Crippen LogP contribution in [0.3, 0.4) is 0 Å². The van der Waals surface area contributed by atoms with E-state index in [9.17, 15) is 0 Å². The lowest BCUT2D eigenvalue weighted by atomic mass is 9.80. The van der Waals surface area contributed by atoms with Crippen LogP contribution in [0.1, 0.15) is 25.0 Å². The Morgan fingerprint density at radius 1 is 0.397 bits per heavy atom. The molecule has 0 fully saturated rings. The fraction of sp³-hybridized carbons (Fsp3) is 0.0566. The van der Waals surface area contributed by atoms with Crippen LogP contribution in [0, 0.1) is 0 Å². The molecule has 2 aromatic heterocycles. The Labute approximate surface area is 336 Å². The summed E-state index contributed by atoms with van der Waals surface area (Å²) in [7, 11) is 0. The van der Waals surface area contributed by atoms with Gasteiger partial charge in [-0.2, -0.15) is 0 Å². The molecule has 10 aromatic rings. The maximum Gasteiger partial charge on any atom is 0.227 e. The van der Waals surface area contributed by atoms with Gasteiger partial charge in [0.05, 0.1) is 0 Å². The number of hydrogen-bond donors (Lipinski definition) is 0. The van der Waals surface area contributed by atoms with Crippen LogP contribution in [0.15, 0.2) is 186 Å².